The highest BCUT2D eigenvalue weighted by Gasteiger charge is 2.05. The molecule has 1 aromatic carbocycles. The Bertz CT molecular complexity index is 541. The molecule has 86 valence electrons. The second kappa shape index (κ2) is 4.93. The van der Waals surface area contributed by atoms with E-state index in [1.807, 2.05) is 13.0 Å². The molecular formula is C12H9ClN2O2. The molecule has 0 fully saturated rings. The Balaban J connectivity index is 2.24. The highest BCUT2D eigenvalue weighted by atomic mass is 35.5. The predicted octanol–water partition coefficient (Wildman–Crippen LogP) is 3.04. The van der Waals surface area contributed by atoms with Crippen LogP contribution in [0.25, 0.3) is 0 Å². The van der Waals surface area contributed by atoms with Crippen LogP contribution in [0.15, 0.2) is 30.6 Å². The Kier molecular flexibility index (Phi) is 3.35. The Morgan fingerprint density at radius 3 is 2.65 bits per heavy atom. The number of aldehydes is 1. The summed E-state index contributed by atoms with van der Waals surface area (Å²) in [6, 6.07) is 5.57. The van der Waals surface area contributed by atoms with E-state index < -0.39 is 0 Å². The van der Waals surface area contributed by atoms with Crippen LogP contribution in [0, 0.1) is 6.92 Å². The molecule has 5 heteroatoms. The van der Waals surface area contributed by atoms with Gasteiger partial charge in [0.25, 0.3) is 0 Å². The fourth-order valence-electron chi connectivity index (χ4n) is 1.23. The van der Waals surface area contributed by atoms with Crippen LogP contribution in [0.5, 0.6) is 11.8 Å². The molecule has 0 saturated heterocycles. The first-order valence-corrected chi connectivity index (χ1v) is 5.28. The fourth-order valence-corrected chi connectivity index (χ4v) is 1.38. The van der Waals surface area contributed by atoms with Crippen molar-refractivity contribution >= 4 is 17.9 Å². The maximum absolute atomic E-state index is 10.4. The van der Waals surface area contributed by atoms with Crippen molar-refractivity contribution in [3.05, 3.63) is 46.7 Å². The standard InChI is InChI=1S/C12H9ClN2O2/c1-8-2-3-10(13)11(4-8)17-12-14-5-9(7-16)6-15-12/h2-7H,1H3. The molecule has 0 radical (unpaired) electrons. The van der Waals surface area contributed by atoms with E-state index in [1.165, 1.54) is 12.4 Å². The Morgan fingerprint density at radius 1 is 1.29 bits per heavy atom. The predicted molar refractivity (Wildman–Crippen MR) is 63.7 cm³/mol. The molecule has 1 aromatic heterocycles. The average Bonchev–Trinajstić information content (AvgIpc) is 2.35. The lowest BCUT2D eigenvalue weighted by molar-refractivity contribution is 0.112. The fraction of sp³-hybridized carbons (Fsp3) is 0.0833. The highest BCUT2D eigenvalue weighted by molar-refractivity contribution is 6.32. The normalized spacial score (nSPS) is 10.0. The second-order valence-electron chi connectivity index (χ2n) is 3.45. The lowest BCUT2D eigenvalue weighted by Gasteiger charge is -2.06. The van der Waals surface area contributed by atoms with Gasteiger partial charge in [0.2, 0.25) is 0 Å². The number of aryl methyl sites for hydroxylation is 1. The van der Waals surface area contributed by atoms with Gasteiger partial charge in [-0.3, -0.25) is 4.79 Å². The van der Waals surface area contributed by atoms with Gasteiger partial charge in [-0.05, 0) is 24.6 Å². The Morgan fingerprint density at radius 2 is 2.00 bits per heavy atom. The zero-order valence-electron chi connectivity index (χ0n) is 9.05. The zero-order chi connectivity index (χ0) is 12.3. The molecule has 0 bridgehead atoms. The summed E-state index contributed by atoms with van der Waals surface area (Å²) in [4.78, 5) is 18.2. The molecule has 0 saturated carbocycles. The van der Waals surface area contributed by atoms with E-state index in [-0.39, 0.29) is 6.01 Å². The molecule has 0 N–H and O–H groups in total. The molecule has 1 heterocycles. The summed E-state index contributed by atoms with van der Waals surface area (Å²) in [7, 11) is 0. The molecule has 17 heavy (non-hydrogen) atoms. The van der Waals surface area contributed by atoms with Crippen LogP contribution >= 0.6 is 11.6 Å². The molecule has 2 rings (SSSR count). The number of ether oxygens (including phenoxy) is 1. The smallest absolute Gasteiger partial charge is 0.321 e. The summed E-state index contributed by atoms with van der Waals surface area (Å²) in [5, 5.41) is 0.485. The van der Waals surface area contributed by atoms with Crippen molar-refractivity contribution in [1.29, 1.82) is 0 Å². The Hall–Kier alpha value is -1.94. The van der Waals surface area contributed by atoms with Crippen molar-refractivity contribution in [3.63, 3.8) is 0 Å². The van der Waals surface area contributed by atoms with Crippen molar-refractivity contribution in [1.82, 2.24) is 9.97 Å². The van der Waals surface area contributed by atoms with Gasteiger partial charge in [-0.15, -0.1) is 0 Å². The van der Waals surface area contributed by atoms with Gasteiger partial charge in [0.15, 0.2) is 6.29 Å². The minimum Gasteiger partial charge on any atom is -0.423 e. The minimum atomic E-state index is 0.156. The molecule has 0 amide bonds. The summed E-state index contributed by atoms with van der Waals surface area (Å²) < 4.78 is 5.42. The van der Waals surface area contributed by atoms with E-state index >= 15 is 0 Å². The monoisotopic (exact) mass is 248 g/mol. The third-order valence-electron chi connectivity index (χ3n) is 2.07. The molecule has 0 aliphatic carbocycles. The summed E-state index contributed by atoms with van der Waals surface area (Å²) in [6.07, 6.45) is 3.45. The van der Waals surface area contributed by atoms with Crippen molar-refractivity contribution in [2.75, 3.05) is 0 Å². The van der Waals surface area contributed by atoms with E-state index in [0.717, 1.165) is 5.56 Å². The molecule has 0 spiro atoms. The highest BCUT2D eigenvalue weighted by Crippen LogP contribution is 2.28. The van der Waals surface area contributed by atoms with Crippen molar-refractivity contribution in [2.45, 2.75) is 6.92 Å². The van der Waals surface area contributed by atoms with Crippen LogP contribution in [0.1, 0.15) is 15.9 Å². The summed E-state index contributed by atoms with van der Waals surface area (Å²) in [5.74, 6) is 0.491. The maximum Gasteiger partial charge on any atom is 0.321 e. The van der Waals surface area contributed by atoms with E-state index in [1.54, 1.807) is 12.1 Å². The minimum absolute atomic E-state index is 0.156. The van der Waals surface area contributed by atoms with E-state index in [0.29, 0.717) is 22.6 Å². The summed E-state index contributed by atoms with van der Waals surface area (Å²) >= 11 is 5.97. The van der Waals surface area contributed by atoms with Crippen LogP contribution in [-0.4, -0.2) is 16.3 Å². The summed E-state index contributed by atoms with van der Waals surface area (Å²) in [5.41, 5.74) is 1.42. The van der Waals surface area contributed by atoms with Crippen LogP contribution in [0.4, 0.5) is 0 Å². The third kappa shape index (κ3) is 2.79. The number of aromatic nitrogens is 2. The van der Waals surface area contributed by atoms with Gasteiger partial charge in [0.1, 0.15) is 5.75 Å². The summed E-state index contributed by atoms with van der Waals surface area (Å²) in [6.45, 7) is 1.93. The van der Waals surface area contributed by atoms with Gasteiger partial charge in [-0.2, -0.15) is 0 Å². The number of benzene rings is 1. The molecular weight excluding hydrogens is 240 g/mol. The Labute approximate surface area is 103 Å². The van der Waals surface area contributed by atoms with E-state index in [2.05, 4.69) is 9.97 Å². The topological polar surface area (TPSA) is 52.1 Å². The second-order valence-corrected chi connectivity index (χ2v) is 3.86. The lowest BCUT2D eigenvalue weighted by atomic mass is 10.2. The van der Waals surface area contributed by atoms with Gasteiger partial charge in [-0.25, -0.2) is 9.97 Å². The van der Waals surface area contributed by atoms with Crippen molar-refractivity contribution in [2.24, 2.45) is 0 Å². The molecule has 0 unspecified atom stereocenters. The average molecular weight is 249 g/mol. The molecule has 0 aliphatic heterocycles. The van der Waals surface area contributed by atoms with Gasteiger partial charge < -0.3 is 4.74 Å². The molecule has 0 aliphatic rings. The van der Waals surface area contributed by atoms with Crippen molar-refractivity contribution in [3.8, 4) is 11.8 Å². The van der Waals surface area contributed by atoms with Crippen molar-refractivity contribution < 1.29 is 9.53 Å². The van der Waals surface area contributed by atoms with Gasteiger partial charge in [0, 0.05) is 12.4 Å². The van der Waals surface area contributed by atoms with Gasteiger partial charge in [0.05, 0.1) is 10.6 Å². The first-order valence-electron chi connectivity index (χ1n) is 4.90. The SMILES string of the molecule is Cc1ccc(Cl)c(Oc2ncc(C=O)cn2)c1. The maximum atomic E-state index is 10.4. The van der Waals surface area contributed by atoms with Crippen LogP contribution in [0.2, 0.25) is 5.02 Å². The van der Waals surface area contributed by atoms with E-state index in [9.17, 15) is 4.79 Å². The number of hydrogen-bond acceptors (Lipinski definition) is 4. The molecule has 0 atom stereocenters. The molecule has 2 aromatic rings. The largest absolute Gasteiger partial charge is 0.423 e. The number of hydrogen-bond donors (Lipinski definition) is 0. The van der Waals surface area contributed by atoms with Gasteiger partial charge >= 0.3 is 6.01 Å². The van der Waals surface area contributed by atoms with Gasteiger partial charge in [-0.1, -0.05) is 17.7 Å². The number of carbonyl (C=O) groups is 1. The first kappa shape index (κ1) is 11.5. The zero-order valence-corrected chi connectivity index (χ0v) is 9.81. The molecule has 4 nitrogen and oxygen atoms in total. The van der Waals surface area contributed by atoms with Crippen LogP contribution in [-0.2, 0) is 0 Å². The quantitative estimate of drug-likeness (QED) is 0.784. The van der Waals surface area contributed by atoms with Crippen LogP contribution in [0.3, 0.4) is 0 Å². The number of carbonyl (C=O) groups excluding carboxylic acids is 1. The first-order chi connectivity index (χ1) is 8.19. The lowest BCUT2D eigenvalue weighted by Crippen LogP contribution is -1.94. The number of rotatable bonds is 3. The van der Waals surface area contributed by atoms with E-state index in [4.69, 9.17) is 16.3 Å². The number of nitrogens with zero attached hydrogens (tertiary/aromatic N) is 2. The van der Waals surface area contributed by atoms with Crippen LogP contribution < -0.4 is 4.74 Å². The number of halogens is 1. The third-order valence-corrected chi connectivity index (χ3v) is 2.38.